The van der Waals surface area contributed by atoms with Gasteiger partial charge in [0.25, 0.3) is 5.91 Å². The molecule has 0 radical (unpaired) electrons. The number of likely N-dealkylation sites (N-methyl/N-ethyl adjacent to an activating group) is 1. The molecule has 12 heteroatoms. The largest absolute Gasteiger partial charge is 0.327 e. The molecule has 1 aromatic heterocycles. The highest BCUT2D eigenvalue weighted by atomic mass is 35.5. The third-order valence-electron chi connectivity index (χ3n) is 5.87. The van der Waals surface area contributed by atoms with Crippen LogP contribution in [0.1, 0.15) is 17.3 Å². The number of anilines is 1. The standard InChI is InChI=1S/C23H26ClN5O4S2/c1-2-28-9-11-29(12-10-28)13-14-35(32,33)16-7-8-19-20(15-16)34-23(25-19)27-22(31)26-21(30)17-5-3-4-6-18(17)24/h3-8,15H,2,9-14H2,1H3,(H2,25,26,27,30,31). The van der Waals surface area contributed by atoms with Crippen LogP contribution < -0.4 is 10.6 Å². The van der Waals surface area contributed by atoms with Gasteiger partial charge in [0.05, 0.1) is 31.5 Å². The zero-order valence-corrected chi connectivity index (χ0v) is 21.5. The Bertz CT molecular complexity index is 1340. The fourth-order valence-electron chi connectivity index (χ4n) is 3.79. The second kappa shape index (κ2) is 11.0. The molecule has 2 heterocycles. The predicted octanol–water partition coefficient (Wildman–Crippen LogP) is 3.32. The van der Waals surface area contributed by atoms with Crippen molar-refractivity contribution in [3.63, 3.8) is 0 Å². The van der Waals surface area contributed by atoms with E-state index in [0.29, 0.717) is 16.8 Å². The summed E-state index contributed by atoms with van der Waals surface area (Å²) in [6, 6.07) is 10.4. The molecule has 2 aromatic carbocycles. The molecule has 35 heavy (non-hydrogen) atoms. The molecule has 1 aliphatic heterocycles. The Morgan fingerprint density at radius 3 is 2.51 bits per heavy atom. The lowest BCUT2D eigenvalue weighted by atomic mass is 10.2. The summed E-state index contributed by atoms with van der Waals surface area (Å²) < 4.78 is 26.5. The highest BCUT2D eigenvalue weighted by Gasteiger charge is 2.21. The van der Waals surface area contributed by atoms with Crippen molar-refractivity contribution in [2.45, 2.75) is 11.8 Å². The first kappa shape index (κ1) is 25.5. The van der Waals surface area contributed by atoms with Crippen LogP contribution in [0.15, 0.2) is 47.4 Å². The molecule has 0 saturated carbocycles. The Balaban J connectivity index is 1.38. The molecule has 2 N–H and O–H groups in total. The summed E-state index contributed by atoms with van der Waals surface area (Å²) >= 11 is 7.12. The number of piperazine rings is 1. The molecule has 0 aliphatic carbocycles. The molecule has 1 aliphatic rings. The van der Waals surface area contributed by atoms with Gasteiger partial charge in [0.2, 0.25) is 0 Å². The Kier molecular flexibility index (Phi) is 8.02. The minimum Gasteiger partial charge on any atom is -0.301 e. The van der Waals surface area contributed by atoms with Gasteiger partial charge in [-0.2, -0.15) is 0 Å². The second-order valence-electron chi connectivity index (χ2n) is 8.13. The zero-order valence-electron chi connectivity index (χ0n) is 19.2. The van der Waals surface area contributed by atoms with Crippen molar-refractivity contribution in [1.29, 1.82) is 0 Å². The highest BCUT2D eigenvalue weighted by molar-refractivity contribution is 7.91. The van der Waals surface area contributed by atoms with E-state index >= 15 is 0 Å². The SMILES string of the molecule is CCN1CCN(CCS(=O)(=O)c2ccc3nc(NC(=O)NC(=O)c4ccccc4Cl)sc3c2)CC1. The molecular weight excluding hydrogens is 510 g/mol. The van der Waals surface area contributed by atoms with Crippen LogP contribution in [0.25, 0.3) is 10.2 Å². The number of halogens is 1. The maximum atomic E-state index is 12.9. The lowest BCUT2D eigenvalue weighted by molar-refractivity contribution is 0.0967. The summed E-state index contributed by atoms with van der Waals surface area (Å²) in [5, 5.41) is 5.20. The van der Waals surface area contributed by atoms with Crippen LogP contribution in [-0.4, -0.2) is 80.2 Å². The molecule has 1 fully saturated rings. The number of amides is 3. The molecule has 3 amide bonds. The second-order valence-corrected chi connectivity index (χ2v) is 11.7. The number of imide groups is 1. The average Bonchev–Trinajstić information content (AvgIpc) is 3.24. The van der Waals surface area contributed by atoms with E-state index in [1.807, 2.05) is 0 Å². The topological polar surface area (TPSA) is 112 Å². The van der Waals surface area contributed by atoms with Crippen molar-refractivity contribution in [3.8, 4) is 0 Å². The first-order valence-corrected chi connectivity index (χ1v) is 14.0. The van der Waals surface area contributed by atoms with Gasteiger partial charge in [-0.1, -0.05) is 42.0 Å². The van der Waals surface area contributed by atoms with Crippen molar-refractivity contribution in [2.24, 2.45) is 0 Å². The van der Waals surface area contributed by atoms with Crippen LogP contribution in [0, 0.1) is 0 Å². The van der Waals surface area contributed by atoms with Crippen molar-refractivity contribution >= 4 is 60.1 Å². The van der Waals surface area contributed by atoms with Gasteiger partial charge < -0.3 is 4.90 Å². The van der Waals surface area contributed by atoms with E-state index in [4.69, 9.17) is 11.6 Å². The van der Waals surface area contributed by atoms with E-state index in [9.17, 15) is 18.0 Å². The van der Waals surface area contributed by atoms with Crippen LogP contribution in [0.2, 0.25) is 5.02 Å². The summed E-state index contributed by atoms with van der Waals surface area (Å²) in [6.45, 7) is 7.28. The van der Waals surface area contributed by atoms with E-state index in [2.05, 4.69) is 32.3 Å². The summed E-state index contributed by atoms with van der Waals surface area (Å²) in [5.41, 5.74) is 0.730. The Labute approximate surface area is 213 Å². The van der Waals surface area contributed by atoms with Crippen LogP contribution in [0.5, 0.6) is 0 Å². The number of carbonyl (C=O) groups excluding carboxylic acids is 2. The van der Waals surface area contributed by atoms with Gasteiger partial charge in [-0.15, -0.1) is 0 Å². The Hall–Kier alpha value is -2.57. The first-order valence-electron chi connectivity index (χ1n) is 11.2. The minimum atomic E-state index is -3.47. The normalized spacial score (nSPS) is 15.3. The number of hydrogen-bond acceptors (Lipinski definition) is 8. The number of nitrogens with zero attached hydrogens (tertiary/aromatic N) is 3. The van der Waals surface area contributed by atoms with Gasteiger partial charge in [-0.3, -0.25) is 20.3 Å². The predicted molar refractivity (Wildman–Crippen MR) is 138 cm³/mol. The van der Waals surface area contributed by atoms with Crippen molar-refractivity contribution in [1.82, 2.24) is 20.1 Å². The third-order valence-corrected chi connectivity index (χ3v) is 8.83. The van der Waals surface area contributed by atoms with Gasteiger partial charge in [0, 0.05) is 32.7 Å². The van der Waals surface area contributed by atoms with E-state index in [1.165, 1.54) is 12.1 Å². The highest BCUT2D eigenvalue weighted by Crippen LogP contribution is 2.28. The average molecular weight is 536 g/mol. The molecule has 9 nitrogen and oxygen atoms in total. The lowest BCUT2D eigenvalue weighted by Crippen LogP contribution is -2.47. The number of thiazole rings is 1. The van der Waals surface area contributed by atoms with E-state index < -0.39 is 21.8 Å². The molecule has 0 unspecified atom stereocenters. The van der Waals surface area contributed by atoms with Gasteiger partial charge in [0.1, 0.15) is 0 Å². The zero-order chi connectivity index (χ0) is 25.0. The summed E-state index contributed by atoms with van der Waals surface area (Å²) in [7, 11) is -3.47. The van der Waals surface area contributed by atoms with E-state index in [-0.39, 0.29) is 26.4 Å². The number of fused-ring (bicyclic) bond motifs is 1. The minimum absolute atomic E-state index is 0.0428. The van der Waals surface area contributed by atoms with Crippen LogP contribution in [0.4, 0.5) is 9.93 Å². The lowest BCUT2D eigenvalue weighted by Gasteiger charge is -2.33. The fraction of sp³-hybridized carbons (Fsp3) is 0.348. The van der Waals surface area contributed by atoms with E-state index in [1.54, 1.807) is 30.3 Å². The maximum Gasteiger partial charge on any atom is 0.327 e. The number of carbonyl (C=O) groups is 2. The van der Waals surface area contributed by atoms with Gasteiger partial charge in [-0.05, 0) is 36.9 Å². The number of rotatable bonds is 7. The van der Waals surface area contributed by atoms with Gasteiger partial charge >= 0.3 is 6.03 Å². The molecule has 0 spiro atoms. The van der Waals surface area contributed by atoms with Gasteiger partial charge in [-0.25, -0.2) is 18.2 Å². The van der Waals surface area contributed by atoms with Crippen LogP contribution in [0.3, 0.4) is 0 Å². The van der Waals surface area contributed by atoms with Crippen molar-refractivity contribution in [2.75, 3.05) is 50.3 Å². The number of hydrogen-bond donors (Lipinski definition) is 2. The van der Waals surface area contributed by atoms with Crippen molar-refractivity contribution < 1.29 is 18.0 Å². The molecule has 1 saturated heterocycles. The number of benzene rings is 2. The number of aromatic nitrogens is 1. The quantitative estimate of drug-likeness (QED) is 0.477. The van der Waals surface area contributed by atoms with Crippen molar-refractivity contribution in [3.05, 3.63) is 53.1 Å². The smallest absolute Gasteiger partial charge is 0.301 e. The number of sulfone groups is 1. The summed E-state index contributed by atoms with van der Waals surface area (Å²) in [4.78, 5) is 33.6. The Morgan fingerprint density at radius 2 is 1.80 bits per heavy atom. The summed E-state index contributed by atoms with van der Waals surface area (Å²) in [5.74, 6) is -0.597. The monoisotopic (exact) mass is 535 g/mol. The molecular formula is C23H26ClN5O4S2. The number of nitrogens with one attached hydrogen (secondary N) is 2. The molecule has 3 aromatic rings. The Morgan fingerprint density at radius 1 is 1.09 bits per heavy atom. The molecule has 0 bridgehead atoms. The molecule has 4 rings (SSSR count). The van der Waals surface area contributed by atoms with Crippen LogP contribution in [-0.2, 0) is 9.84 Å². The third kappa shape index (κ3) is 6.36. The molecule has 0 atom stereocenters. The fourth-order valence-corrected chi connectivity index (χ4v) is 6.30. The van der Waals surface area contributed by atoms with Crippen LogP contribution >= 0.6 is 22.9 Å². The molecule has 186 valence electrons. The van der Waals surface area contributed by atoms with Gasteiger partial charge in [0.15, 0.2) is 15.0 Å². The van der Waals surface area contributed by atoms with E-state index in [0.717, 1.165) is 44.1 Å². The first-order chi connectivity index (χ1) is 16.7. The maximum absolute atomic E-state index is 12.9. The number of urea groups is 1. The summed E-state index contributed by atoms with van der Waals surface area (Å²) in [6.07, 6.45) is 0.